The summed E-state index contributed by atoms with van der Waals surface area (Å²) in [6, 6.07) is 19.7. The van der Waals surface area contributed by atoms with Crippen LogP contribution in [0.5, 0.6) is 0 Å². The molecule has 0 amide bonds. The molecule has 32 heavy (non-hydrogen) atoms. The lowest BCUT2D eigenvalue weighted by Crippen LogP contribution is -2.09. The molecule has 0 radical (unpaired) electrons. The van der Waals surface area contributed by atoms with E-state index in [1.807, 2.05) is 0 Å². The van der Waals surface area contributed by atoms with Crippen LogP contribution in [-0.4, -0.2) is 9.85 Å². The molecule has 0 N–H and O–H groups in total. The Balaban J connectivity index is 2.13. The van der Waals surface area contributed by atoms with Crippen molar-refractivity contribution in [3.63, 3.8) is 0 Å². The number of nitrogens with zero attached hydrogens (tertiary/aromatic N) is 2. The van der Waals surface area contributed by atoms with E-state index in [0.717, 1.165) is 6.07 Å². The first-order valence-corrected chi connectivity index (χ1v) is 11.1. The molecule has 0 fully saturated rings. The smallest absolute Gasteiger partial charge is 0.258 e. The van der Waals surface area contributed by atoms with E-state index in [1.165, 1.54) is 6.07 Å². The molecule has 0 aromatic heterocycles. The molecule has 0 aliphatic carbocycles. The molecule has 0 bridgehead atoms. The Bertz CT molecular complexity index is 1030. The first-order chi connectivity index (χ1) is 15.2. The summed E-state index contributed by atoms with van der Waals surface area (Å²) >= 11 is 26.2. The Morgan fingerprint density at radius 2 is 0.906 bits per heavy atom. The van der Waals surface area contributed by atoms with Crippen molar-refractivity contribution in [2.75, 3.05) is 0 Å². The second-order valence-electron chi connectivity index (χ2n) is 6.91. The summed E-state index contributed by atoms with van der Waals surface area (Å²) in [5.74, 6) is 0. The quantitative estimate of drug-likeness (QED) is 0.173. The molecule has 4 atom stereocenters. The summed E-state index contributed by atoms with van der Waals surface area (Å²) in [6.45, 7) is 0. The monoisotopic (exact) mass is 512 g/mol. The van der Waals surface area contributed by atoms with Crippen LogP contribution in [0.3, 0.4) is 0 Å². The standard InChI is InChI=1S/C22H16Cl4N2O4/c23-19(13-7-3-1-4-8-13)21(25)15-11-16(18(28(31)32)12-17(15)27(29)30)22(26)20(24)14-9-5-2-6-10-14/h1-12,19-22H/t19-,20+,21+,22-. The van der Waals surface area contributed by atoms with Gasteiger partial charge in [0, 0.05) is 0 Å². The maximum Gasteiger partial charge on any atom is 0.281 e. The number of nitro groups is 2. The van der Waals surface area contributed by atoms with Crippen molar-refractivity contribution < 1.29 is 9.85 Å². The highest BCUT2D eigenvalue weighted by Crippen LogP contribution is 2.49. The highest BCUT2D eigenvalue weighted by Gasteiger charge is 2.35. The molecule has 10 heteroatoms. The summed E-state index contributed by atoms with van der Waals surface area (Å²) in [7, 11) is 0. The lowest BCUT2D eigenvalue weighted by atomic mass is 9.95. The van der Waals surface area contributed by atoms with Crippen molar-refractivity contribution in [1.82, 2.24) is 0 Å². The van der Waals surface area contributed by atoms with Gasteiger partial charge in [0.05, 0.1) is 48.5 Å². The van der Waals surface area contributed by atoms with E-state index in [9.17, 15) is 20.2 Å². The number of halogens is 4. The van der Waals surface area contributed by atoms with Gasteiger partial charge in [-0.15, -0.1) is 46.4 Å². The van der Waals surface area contributed by atoms with Gasteiger partial charge in [0.15, 0.2) is 0 Å². The molecule has 3 rings (SSSR count). The molecule has 3 aromatic rings. The van der Waals surface area contributed by atoms with Gasteiger partial charge in [0.2, 0.25) is 0 Å². The average molecular weight is 514 g/mol. The minimum absolute atomic E-state index is 0.0173. The number of nitro benzene ring substituents is 2. The summed E-state index contributed by atoms with van der Waals surface area (Å²) in [5.41, 5.74) is 0.288. The highest BCUT2D eigenvalue weighted by molar-refractivity contribution is 6.31. The van der Waals surface area contributed by atoms with Crippen molar-refractivity contribution in [3.8, 4) is 0 Å². The van der Waals surface area contributed by atoms with Gasteiger partial charge in [0.1, 0.15) is 0 Å². The summed E-state index contributed by atoms with van der Waals surface area (Å²) in [5, 5.41) is 19.6. The van der Waals surface area contributed by atoms with Crippen LogP contribution >= 0.6 is 46.4 Å². The summed E-state index contributed by atoms with van der Waals surface area (Å²) in [4.78, 5) is 22.0. The third-order valence-corrected chi connectivity index (χ3v) is 7.15. The predicted molar refractivity (Wildman–Crippen MR) is 127 cm³/mol. The van der Waals surface area contributed by atoms with Crippen LogP contribution < -0.4 is 0 Å². The minimum Gasteiger partial charge on any atom is -0.258 e. The minimum atomic E-state index is -1.06. The Hall–Kier alpha value is -2.38. The number of benzene rings is 3. The molecule has 3 aromatic carbocycles. The first kappa shape index (κ1) is 24.3. The van der Waals surface area contributed by atoms with Gasteiger partial charge in [-0.1, -0.05) is 60.7 Å². The van der Waals surface area contributed by atoms with Crippen LogP contribution in [0.4, 0.5) is 11.4 Å². The van der Waals surface area contributed by atoms with E-state index >= 15 is 0 Å². The van der Waals surface area contributed by atoms with E-state index in [-0.39, 0.29) is 11.1 Å². The van der Waals surface area contributed by atoms with Crippen LogP contribution in [0.1, 0.15) is 43.8 Å². The Labute approximate surface area is 204 Å². The molecule has 0 unspecified atom stereocenters. The van der Waals surface area contributed by atoms with Gasteiger partial charge in [0.25, 0.3) is 11.4 Å². The maximum atomic E-state index is 11.7. The SMILES string of the molecule is O=[N+]([O-])c1cc([N+](=O)[O-])c([C@H](Cl)[C@H](Cl)c2ccccc2)cc1[C@@H](Cl)[C@@H](Cl)c1ccccc1. The van der Waals surface area contributed by atoms with Crippen LogP contribution in [0, 0.1) is 20.2 Å². The molecule has 0 aliphatic rings. The van der Waals surface area contributed by atoms with Gasteiger partial charge >= 0.3 is 0 Å². The fourth-order valence-electron chi connectivity index (χ4n) is 3.30. The van der Waals surface area contributed by atoms with Gasteiger partial charge < -0.3 is 0 Å². The summed E-state index contributed by atoms with van der Waals surface area (Å²) < 4.78 is 0. The topological polar surface area (TPSA) is 86.3 Å². The van der Waals surface area contributed by atoms with E-state index < -0.39 is 42.7 Å². The van der Waals surface area contributed by atoms with Crippen LogP contribution in [0.15, 0.2) is 72.8 Å². The molecule has 166 valence electrons. The van der Waals surface area contributed by atoms with Gasteiger partial charge in [-0.2, -0.15) is 0 Å². The van der Waals surface area contributed by atoms with Crippen molar-refractivity contribution in [1.29, 1.82) is 0 Å². The normalized spacial score (nSPS) is 14.9. The second kappa shape index (κ2) is 10.5. The van der Waals surface area contributed by atoms with Crippen LogP contribution in [0.2, 0.25) is 0 Å². The third-order valence-electron chi connectivity index (χ3n) is 4.91. The van der Waals surface area contributed by atoms with Crippen molar-refractivity contribution in [2.24, 2.45) is 0 Å². The van der Waals surface area contributed by atoms with E-state index in [1.54, 1.807) is 60.7 Å². The molecule has 0 aliphatic heterocycles. The molecule has 6 nitrogen and oxygen atoms in total. The first-order valence-electron chi connectivity index (χ1n) is 9.35. The molecule has 0 saturated carbocycles. The predicted octanol–water partition coefficient (Wildman–Crippen LogP) is 8.02. The Kier molecular flexibility index (Phi) is 7.96. The zero-order valence-corrected chi connectivity index (χ0v) is 19.3. The number of hydrogen-bond donors (Lipinski definition) is 0. The zero-order valence-electron chi connectivity index (χ0n) is 16.3. The lowest BCUT2D eigenvalue weighted by molar-refractivity contribution is -0.395. The fraction of sp³-hybridized carbons (Fsp3) is 0.182. The van der Waals surface area contributed by atoms with E-state index in [0.29, 0.717) is 11.1 Å². The maximum absolute atomic E-state index is 11.7. The third kappa shape index (κ3) is 5.15. The Morgan fingerprint density at radius 3 is 1.22 bits per heavy atom. The zero-order chi connectivity index (χ0) is 23.4. The van der Waals surface area contributed by atoms with Crippen LogP contribution in [0.25, 0.3) is 0 Å². The molecule has 0 saturated heterocycles. The van der Waals surface area contributed by atoms with Crippen molar-refractivity contribution in [3.05, 3.63) is 115 Å². The molecular formula is C22H16Cl4N2O4. The Morgan fingerprint density at radius 1 is 0.562 bits per heavy atom. The lowest BCUT2D eigenvalue weighted by Gasteiger charge is -2.21. The van der Waals surface area contributed by atoms with E-state index in [4.69, 9.17) is 46.4 Å². The summed E-state index contributed by atoms with van der Waals surface area (Å²) in [6.07, 6.45) is 0. The van der Waals surface area contributed by atoms with Crippen molar-refractivity contribution in [2.45, 2.75) is 21.5 Å². The molecular weight excluding hydrogens is 498 g/mol. The van der Waals surface area contributed by atoms with Gasteiger partial charge in [-0.05, 0) is 17.2 Å². The second-order valence-corrected chi connectivity index (χ2v) is 8.79. The number of rotatable bonds is 8. The van der Waals surface area contributed by atoms with Crippen molar-refractivity contribution >= 4 is 57.8 Å². The van der Waals surface area contributed by atoms with Crippen LogP contribution in [-0.2, 0) is 0 Å². The highest BCUT2D eigenvalue weighted by atomic mass is 35.5. The van der Waals surface area contributed by atoms with E-state index in [2.05, 4.69) is 0 Å². The van der Waals surface area contributed by atoms with Gasteiger partial charge in [-0.25, -0.2) is 0 Å². The van der Waals surface area contributed by atoms with Gasteiger partial charge in [-0.3, -0.25) is 20.2 Å². The number of alkyl halides is 4. The largest absolute Gasteiger partial charge is 0.281 e. The molecule has 0 spiro atoms. The fourth-order valence-corrected chi connectivity index (χ4v) is 4.50. The average Bonchev–Trinajstić information content (AvgIpc) is 2.82. The number of hydrogen-bond acceptors (Lipinski definition) is 4. The molecule has 0 heterocycles.